The predicted molar refractivity (Wildman–Crippen MR) is 84.5 cm³/mol. The Morgan fingerprint density at radius 1 is 1.33 bits per heavy atom. The maximum absolute atomic E-state index is 5.85. The number of hydrogen-bond donors (Lipinski definition) is 1. The lowest BCUT2D eigenvalue weighted by atomic mass is 10.1. The molecule has 1 saturated heterocycles. The molecule has 1 aromatic heterocycles. The van der Waals surface area contributed by atoms with Gasteiger partial charge in [-0.2, -0.15) is 0 Å². The monoisotopic (exact) mass is 286 g/mol. The van der Waals surface area contributed by atoms with E-state index in [1.54, 1.807) is 0 Å². The van der Waals surface area contributed by atoms with Gasteiger partial charge in [0.15, 0.2) is 0 Å². The van der Waals surface area contributed by atoms with E-state index in [2.05, 4.69) is 22.4 Å². The summed E-state index contributed by atoms with van der Waals surface area (Å²) in [5.74, 6) is 0.887. The highest BCUT2D eigenvalue weighted by molar-refractivity contribution is 5.81. The van der Waals surface area contributed by atoms with Crippen molar-refractivity contribution in [1.82, 2.24) is 4.98 Å². The molecule has 0 spiro atoms. The van der Waals surface area contributed by atoms with E-state index >= 15 is 0 Å². The second-order valence-corrected chi connectivity index (χ2v) is 5.44. The van der Waals surface area contributed by atoms with Crippen LogP contribution in [0.3, 0.4) is 0 Å². The summed E-state index contributed by atoms with van der Waals surface area (Å²) in [6.07, 6.45) is 3.78. The molecular weight excluding hydrogens is 264 g/mol. The molecule has 2 heterocycles. The van der Waals surface area contributed by atoms with Crippen molar-refractivity contribution >= 4 is 16.7 Å². The zero-order valence-corrected chi connectivity index (χ0v) is 12.5. The van der Waals surface area contributed by atoms with E-state index in [-0.39, 0.29) is 6.10 Å². The third-order valence-corrected chi connectivity index (χ3v) is 3.88. The van der Waals surface area contributed by atoms with E-state index in [4.69, 9.17) is 9.47 Å². The van der Waals surface area contributed by atoms with Crippen LogP contribution in [-0.4, -0.2) is 31.3 Å². The largest absolute Gasteiger partial charge is 0.376 e. The van der Waals surface area contributed by atoms with Crippen molar-refractivity contribution in [2.45, 2.75) is 32.0 Å². The van der Waals surface area contributed by atoms with Gasteiger partial charge in [-0.3, -0.25) is 0 Å². The molecule has 0 bridgehead atoms. The molecule has 1 atom stereocenters. The van der Waals surface area contributed by atoms with E-state index < -0.39 is 0 Å². The Hall–Kier alpha value is -1.65. The van der Waals surface area contributed by atoms with Crippen molar-refractivity contribution in [3.63, 3.8) is 0 Å². The van der Waals surface area contributed by atoms with Crippen molar-refractivity contribution in [2.24, 2.45) is 0 Å². The first-order valence-electron chi connectivity index (χ1n) is 7.62. The molecule has 1 aliphatic heterocycles. The summed E-state index contributed by atoms with van der Waals surface area (Å²) in [7, 11) is 1.89. The minimum absolute atomic E-state index is 0.255. The van der Waals surface area contributed by atoms with Gasteiger partial charge in [0.1, 0.15) is 5.82 Å². The van der Waals surface area contributed by atoms with Crippen LogP contribution in [0.5, 0.6) is 0 Å². The molecule has 3 rings (SSSR count). The van der Waals surface area contributed by atoms with E-state index in [0.717, 1.165) is 35.3 Å². The average molecular weight is 286 g/mol. The van der Waals surface area contributed by atoms with Gasteiger partial charge in [0, 0.05) is 24.6 Å². The van der Waals surface area contributed by atoms with E-state index in [1.165, 1.54) is 12.8 Å². The van der Waals surface area contributed by atoms with Crippen molar-refractivity contribution in [3.05, 3.63) is 35.9 Å². The number of ether oxygens (including phenoxy) is 2. The van der Waals surface area contributed by atoms with Crippen LogP contribution in [0.1, 0.15) is 24.8 Å². The van der Waals surface area contributed by atoms with Crippen LogP contribution in [0.4, 0.5) is 5.82 Å². The number of anilines is 1. The fourth-order valence-electron chi connectivity index (χ4n) is 2.73. The topological polar surface area (TPSA) is 43.4 Å². The van der Waals surface area contributed by atoms with Gasteiger partial charge >= 0.3 is 0 Å². The first kappa shape index (κ1) is 14.3. The maximum Gasteiger partial charge on any atom is 0.131 e. The van der Waals surface area contributed by atoms with Crippen molar-refractivity contribution in [3.8, 4) is 0 Å². The number of fused-ring (bicyclic) bond motifs is 1. The second kappa shape index (κ2) is 6.87. The number of nitrogens with one attached hydrogen (secondary N) is 1. The predicted octanol–water partition coefficient (Wildman–Crippen LogP) is 3.36. The number of benzene rings is 1. The Kier molecular flexibility index (Phi) is 4.68. The Morgan fingerprint density at radius 3 is 3.05 bits per heavy atom. The number of hydrogen-bond acceptors (Lipinski definition) is 4. The van der Waals surface area contributed by atoms with Crippen LogP contribution < -0.4 is 5.32 Å². The number of nitrogens with zero attached hydrogens (tertiary/aromatic N) is 1. The van der Waals surface area contributed by atoms with Gasteiger partial charge in [-0.15, -0.1) is 0 Å². The van der Waals surface area contributed by atoms with Gasteiger partial charge in [0.25, 0.3) is 0 Å². The fraction of sp³-hybridized carbons (Fsp3) is 0.471. The molecule has 1 aromatic carbocycles. The SMILES string of the molecule is CNc1nc2ccccc2cc1COCC1CCCCO1. The molecule has 4 heteroatoms. The fourth-order valence-corrected chi connectivity index (χ4v) is 2.73. The van der Waals surface area contributed by atoms with Crippen LogP contribution in [0.15, 0.2) is 30.3 Å². The Morgan fingerprint density at radius 2 is 2.24 bits per heavy atom. The minimum atomic E-state index is 0.255. The number of para-hydroxylation sites is 1. The van der Waals surface area contributed by atoms with Gasteiger partial charge in [-0.25, -0.2) is 4.98 Å². The molecule has 0 amide bonds. The van der Waals surface area contributed by atoms with Gasteiger partial charge in [0.2, 0.25) is 0 Å². The molecule has 0 saturated carbocycles. The second-order valence-electron chi connectivity index (χ2n) is 5.44. The Labute approximate surface area is 125 Å². The smallest absolute Gasteiger partial charge is 0.131 e. The molecule has 112 valence electrons. The number of aromatic nitrogens is 1. The van der Waals surface area contributed by atoms with Gasteiger partial charge in [-0.1, -0.05) is 18.2 Å². The van der Waals surface area contributed by atoms with Crippen LogP contribution in [-0.2, 0) is 16.1 Å². The number of rotatable bonds is 5. The average Bonchev–Trinajstić information content (AvgIpc) is 2.55. The van der Waals surface area contributed by atoms with E-state index in [1.807, 2.05) is 25.2 Å². The van der Waals surface area contributed by atoms with Crippen molar-refractivity contribution in [1.29, 1.82) is 0 Å². The summed E-state index contributed by atoms with van der Waals surface area (Å²) in [6.45, 7) is 2.09. The molecule has 0 aliphatic carbocycles. The zero-order valence-electron chi connectivity index (χ0n) is 12.5. The molecule has 1 aliphatic rings. The van der Waals surface area contributed by atoms with E-state index in [0.29, 0.717) is 13.2 Å². The summed E-state index contributed by atoms with van der Waals surface area (Å²) in [6, 6.07) is 10.3. The lowest BCUT2D eigenvalue weighted by Crippen LogP contribution is -2.24. The van der Waals surface area contributed by atoms with Crippen molar-refractivity contribution < 1.29 is 9.47 Å². The summed E-state index contributed by atoms with van der Waals surface area (Å²) in [4.78, 5) is 4.64. The minimum Gasteiger partial charge on any atom is -0.376 e. The molecule has 1 fully saturated rings. The summed E-state index contributed by atoms with van der Waals surface area (Å²) >= 11 is 0. The zero-order chi connectivity index (χ0) is 14.5. The first-order chi connectivity index (χ1) is 10.4. The highest BCUT2D eigenvalue weighted by Gasteiger charge is 2.14. The summed E-state index contributed by atoms with van der Waals surface area (Å²) in [5.41, 5.74) is 2.09. The third kappa shape index (κ3) is 3.52. The quantitative estimate of drug-likeness (QED) is 0.915. The van der Waals surface area contributed by atoms with Gasteiger partial charge in [0.05, 0.1) is 24.8 Å². The van der Waals surface area contributed by atoms with Gasteiger partial charge < -0.3 is 14.8 Å². The van der Waals surface area contributed by atoms with Crippen LogP contribution >= 0.6 is 0 Å². The van der Waals surface area contributed by atoms with Crippen LogP contribution in [0.2, 0.25) is 0 Å². The Balaban J connectivity index is 1.67. The lowest BCUT2D eigenvalue weighted by molar-refractivity contribution is -0.0446. The van der Waals surface area contributed by atoms with Crippen LogP contribution in [0, 0.1) is 0 Å². The summed E-state index contributed by atoms with van der Waals surface area (Å²) in [5, 5.41) is 4.30. The molecular formula is C17H22N2O2. The third-order valence-electron chi connectivity index (χ3n) is 3.88. The highest BCUT2D eigenvalue weighted by Crippen LogP contribution is 2.21. The molecule has 1 N–H and O–H groups in total. The van der Waals surface area contributed by atoms with E-state index in [9.17, 15) is 0 Å². The standard InChI is InChI=1S/C17H22N2O2/c1-18-17-14(10-13-6-2-3-8-16(13)19-17)11-20-12-15-7-4-5-9-21-15/h2-3,6,8,10,15H,4-5,7,9,11-12H2,1H3,(H,18,19). The molecule has 2 aromatic rings. The first-order valence-corrected chi connectivity index (χ1v) is 7.62. The van der Waals surface area contributed by atoms with Crippen LogP contribution in [0.25, 0.3) is 10.9 Å². The molecule has 21 heavy (non-hydrogen) atoms. The molecule has 4 nitrogen and oxygen atoms in total. The van der Waals surface area contributed by atoms with Crippen molar-refractivity contribution in [2.75, 3.05) is 25.6 Å². The number of pyridine rings is 1. The maximum atomic E-state index is 5.85. The Bertz CT molecular complexity index is 594. The normalized spacial score (nSPS) is 18.8. The van der Waals surface area contributed by atoms with Gasteiger partial charge in [-0.05, 0) is 31.4 Å². The molecule has 0 radical (unpaired) electrons. The lowest BCUT2D eigenvalue weighted by Gasteiger charge is -2.22. The highest BCUT2D eigenvalue weighted by atomic mass is 16.5. The molecule has 1 unspecified atom stereocenters. The summed E-state index contributed by atoms with van der Waals surface area (Å²) < 4.78 is 11.5.